The van der Waals surface area contributed by atoms with Gasteiger partial charge in [0.05, 0.1) is 11.6 Å². The molecule has 0 aliphatic carbocycles. The lowest BCUT2D eigenvalue weighted by Gasteiger charge is -2.09. The van der Waals surface area contributed by atoms with Crippen LogP contribution in [0.4, 0.5) is 5.69 Å². The van der Waals surface area contributed by atoms with E-state index in [1.54, 1.807) is 18.2 Å². The second kappa shape index (κ2) is 8.00. The van der Waals surface area contributed by atoms with Crippen molar-refractivity contribution in [1.82, 2.24) is 0 Å². The highest BCUT2D eigenvalue weighted by molar-refractivity contribution is 9.10. The quantitative estimate of drug-likeness (QED) is 0.577. The van der Waals surface area contributed by atoms with E-state index in [9.17, 15) is 10.1 Å². The number of carbonyl (C=O) groups is 1. The number of amides is 1. The lowest BCUT2D eigenvalue weighted by atomic mass is 10.1. The van der Waals surface area contributed by atoms with Crippen molar-refractivity contribution in [2.24, 2.45) is 0 Å². The molecule has 0 bridgehead atoms. The van der Waals surface area contributed by atoms with Gasteiger partial charge in [0.25, 0.3) is 5.91 Å². The van der Waals surface area contributed by atoms with Gasteiger partial charge in [-0.3, -0.25) is 4.79 Å². The maximum atomic E-state index is 12.3. The summed E-state index contributed by atoms with van der Waals surface area (Å²) in [5, 5.41) is 12.5. The van der Waals surface area contributed by atoms with Gasteiger partial charge in [-0.05, 0) is 58.8 Å². The minimum Gasteiger partial charge on any atom is -0.495 e. The number of ether oxygens (including phenoxy) is 1. The molecule has 24 heavy (non-hydrogen) atoms. The third kappa shape index (κ3) is 4.38. The third-order valence-electron chi connectivity index (χ3n) is 3.18. The van der Waals surface area contributed by atoms with E-state index in [4.69, 9.17) is 16.3 Å². The van der Waals surface area contributed by atoms with Crippen LogP contribution in [0, 0.1) is 18.3 Å². The van der Waals surface area contributed by atoms with Crippen LogP contribution >= 0.6 is 27.5 Å². The number of nitrogens with zero attached hydrogens (tertiary/aromatic N) is 1. The first-order chi connectivity index (χ1) is 11.4. The highest BCUT2D eigenvalue weighted by Crippen LogP contribution is 2.33. The number of benzene rings is 2. The molecule has 6 heteroatoms. The molecule has 0 saturated carbocycles. The molecule has 0 aromatic heterocycles. The second-order valence-electron chi connectivity index (χ2n) is 5.00. The molecule has 0 fully saturated rings. The van der Waals surface area contributed by atoms with Crippen LogP contribution in [0.5, 0.6) is 5.75 Å². The predicted molar refractivity (Wildman–Crippen MR) is 99.1 cm³/mol. The van der Waals surface area contributed by atoms with E-state index in [0.29, 0.717) is 26.5 Å². The van der Waals surface area contributed by atoms with Crippen molar-refractivity contribution in [1.29, 1.82) is 5.26 Å². The van der Waals surface area contributed by atoms with Crippen molar-refractivity contribution in [3.05, 3.63) is 62.6 Å². The van der Waals surface area contributed by atoms with Gasteiger partial charge >= 0.3 is 0 Å². The predicted octanol–water partition coefficient (Wildman–Crippen LogP) is 4.97. The monoisotopic (exact) mass is 404 g/mol. The van der Waals surface area contributed by atoms with Gasteiger partial charge in [0.1, 0.15) is 17.4 Å². The molecule has 0 saturated heterocycles. The number of hydrogen-bond donors (Lipinski definition) is 1. The molecule has 2 rings (SSSR count). The van der Waals surface area contributed by atoms with Crippen LogP contribution < -0.4 is 10.1 Å². The van der Waals surface area contributed by atoms with Crippen LogP contribution in [0.1, 0.15) is 11.1 Å². The Morgan fingerprint density at radius 3 is 2.75 bits per heavy atom. The zero-order valence-electron chi connectivity index (χ0n) is 13.1. The Labute approximate surface area is 153 Å². The Morgan fingerprint density at radius 1 is 1.38 bits per heavy atom. The van der Waals surface area contributed by atoms with Crippen LogP contribution in [-0.2, 0) is 4.79 Å². The summed E-state index contributed by atoms with van der Waals surface area (Å²) in [4.78, 5) is 12.3. The van der Waals surface area contributed by atoms with Crippen molar-refractivity contribution < 1.29 is 9.53 Å². The molecule has 2 aromatic rings. The lowest BCUT2D eigenvalue weighted by Crippen LogP contribution is -2.13. The van der Waals surface area contributed by atoms with Crippen molar-refractivity contribution in [2.45, 2.75) is 6.92 Å². The first-order valence-corrected chi connectivity index (χ1v) is 8.14. The van der Waals surface area contributed by atoms with Crippen LogP contribution in [0.15, 0.2) is 46.4 Å². The van der Waals surface area contributed by atoms with Gasteiger partial charge in [-0.2, -0.15) is 5.26 Å². The number of anilines is 1. The lowest BCUT2D eigenvalue weighted by molar-refractivity contribution is -0.112. The summed E-state index contributed by atoms with van der Waals surface area (Å²) in [6, 6.07) is 12.6. The van der Waals surface area contributed by atoms with E-state index >= 15 is 0 Å². The number of methoxy groups -OCH3 is 1. The molecule has 4 nitrogen and oxygen atoms in total. The normalized spacial score (nSPS) is 10.9. The SMILES string of the molecule is COc1c(Br)cc(Cl)cc1/C=C(\C#N)C(=O)Nc1cccc(C)c1. The molecule has 0 spiro atoms. The van der Waals surface area contributed by atoms with Gasteiger partial charge in [0.2, 0.25) is 0 Å². The summed E-state index contributed by atoms with van der Waals surface area (Å²) in [5.74, 6) is -0.00300. The molecule has 1 amide bonds. The van der Waals surface area contributed by atoms with E-state index < -0.39 is 5.91 Å². The second-order valence-corrected chi connectivity index (χ2v) is 6.29. The molecule has 0 aliphatic heterocycles. The maximum absolute atomic E-state index is 12.3. The first-order valence-electron chi connectivity index (χ1n) is 6.97. The zero-order valence-corrected chi connectivity index (χ0v) is 15.4. The average Bonchev–Trinajstić information content (AvgIpc) is 2.52. The van der Waals surface area contributed by atoms with Gasteiger partial charge in [0.15, 0.2) is 0 Å². The molecule has 0 heterocycles. The molecule has 122 valence electrons. The van der Waals surface area contributed by atoms with E-state index in [1.807, 2.05) is 31.2 Å². The fourth-order valence-corrected chi connectivity index (χ4v) is 3.12. The maximum Gasteiger partial charge on any atom is 0.266 e. The third-order valence-corrected chi connectivity index (χ3v) is 3.99. The van der Waals surface area contributed by atoms with Crippen LogP contribution in [0.3, 0.4) is 0 Å². The van der Waals surface area contributed by atoms with Crippen LogP contribution in [0.2, 0.25) is 5.02 Å². The Balaban J connectivity index is 2.36. The van der Waals surface area contributed by atoms with Crippen molar-refractivity contribution in [2.75, 3.05) is 12.4 Å². The minimum absolute atomic E-state index is 0.0519. The van der Waals surface area contributed by atoms with Gasteiger partial charge in [-0.25, -0.2) is 0 Å². The smallest absolute Gasteiger partial charge is 0.266 e. The van der Waals surface area contributed by atoms with Crippen molar-refractivity contribution in [3.8, 4) is 11.8 Å². The minimum atomic E-state index is -0.499. The van der Waals surface area contributed by atoms with Crippen molar-refractivity contribution in [3.63, 3.8) is 0 Å². The molecule has 1 N–H and O–H groups in total. The first kappa shape index (κ1) is 18.1. The number of nitrogens with one attached hydrogen (secondary N) is 1. The summed E-state index contributed by atoms with van der Waals surface area (Å²) in [7, 11) is 1.50. The summed E-state index contributed by atoms with van der Waals surface area (Å²) in [5.41, 5.74) is 2.12. The van der Waals surface area contributed by atoms with E-state index in [0.717, 1.165) is 5.56 Å². The Morgan fingerprint density at radius 2 is 2.12 bits per heavy atom. The number of hydrogen-bond acceptors (Lipinski definition) is 3. The van der Waals surface area contributed by atoms with Crippen LogP contribution in [-0.4, -0.2) is 13.0 Å². The summed E-state index contributed by atoms with van der Waals surface area (Å²) >= 11 is 9.38. The van der Waals surface area contributed by atoms with E-state index in [1.165, 1.54) is 13.2 Å². The van der Waals surface area contributed by atoms with Crippen molar-refractivity contribution >= 4 is 45.2 Å². The number of carbonyl (C=O) groups excluding carboxylic acids is 1. The van der Waals surface area contributed by atoms with E-state index in [2.05, 4.69) is 21.2 Å². The Kier molecular flexibility index (Phi) is 6.02. The number of rotatable bonds is 4. The molecule has 0 atom stereocenters. The molecule has 0 unspecified atom stereocenters. The fraction of sp³-hybridized carbons (Fsp3) is 0.111. The zero-order chi connectivity index (χ0) is 17.7. The average molecular weight is 406 g/mol. The van der Waals surface area contributed by atoms with Gasteiger partial charge in [-0.1, -0.05) is 23.7 Å². The molecular formula is C18H14BrClN2O2. The number of aryl methyl sites for hydroxylation is 1. The van der Waals surface area contributed by atoms with Gasteiger partial charge < -0.3 is 10.1 Å². The summed E-state index contributed by atoms with van der Waals surface area (Å²) in [6.45, 7) is 1.92. The standard InChI is InChI=1S/C18H14BrClN2O2/c1-11-4-3-5-15(6-11)22-18(23)13(10-21)7-12-8-14(20)9-16(19)17(12)24-2/h3-9H,1-2H3,(H,22,23)/b13-7+. The molecule has 2 aromatic carbocycles. The molecular weight excluding hydrogens is 392 g/mol. The van der Waals surface area contributed by atoms with Gasteiger partial charge in [-0.15, -0.1) is 0 Å². The summed E-state index contributed by atoms with van der Waals surface area (Å²) in [6.07, 6.45) is 1.45. The topological polar surface area (TPSA) is 62.1 Å². The Bertz CT molecular complexity index is 857. The van der Waals surface area contributed by atoms with Gasteiger partial charge in [0, 0.05) is 16.3 Å². The number of halogens is 2. The highest BCUT2D eigenvalue weighted by atomic mass is 79.9. The summed E-state index contributed by atoms with van der Waals surface area (Å²) < 4.78 is 5.94. The largest absolute Gasteiger partial charge is 0.495 e. The van der Waals surface area contributed by atoms with Crippen LogP contribution in [0.25, 0.3) is 6.08 Å². The Hall–Kier alpha value is -2.29. The number of nitriles is 1. The molecule has 0 radical (unpaired) electrons. The van der Waals surface area contributed by atoms with E-state index in [-0.39, 0.29) is 5.57 Å². The highest BCUT2D eigenvalue weighted by Gasteiger charge is 2.13. The molecule has 0 aliphatic rings. The fourth-order valence-electron chi connectivity index (χ4n) is 2.13.